The van der Waals surface area contributed by atoms with E-state index in [-0.39, 0.29) is 22.4 Å². The van der Waals surface area contributed by atoms with Crippen LogP contribution in [0.4, 0.5) is 5.69 Å². The molecule has 9 nitrogen and oxygen atoms in total. The Hall–Kier alpha value is -3.88. The third-order valence-corrected chi connectivity index (χ3v) is 3.86. The molecule has 0 spiro atoms. The second-order valence-corrected chi connectivity index (χ2v) is 5.25. The van der Waals surface area contributed by atoms with E-state index >= 15 is 0 Å². The molecule has 2 aromatic carbocycles. The van der Waals surface area contributed by atoms with Gasteiger partial charge in [-0.1, -0.05) is 12.1 Å². The van der Waals surface area contributed by atoms with E-state index in [4.69, 9.17) is 0 Å². The molecule has 0 unspecified atom stereocenters. The van der Waals surface area contributed by atoms with E-state index in [0.717, 1.165) is 4.90 Å². The minimum Gasteiger partial charge on any atom is -0.478 e. The Bertz CT molecular complexity index is 994. The monoisotopic (exact) mass is 335 g/mol. The summed E-state index contributed by atoms with van der Waals surface area (Å²) in [6.45, 7) is 0. The fourth-order valence-electron chi connectivity index (χ4n) is 2.72. The summed E-state index contributed by atoms with van der Waals surface area (Å²) in [5.41, 5.74) is 0.674. The summed E-state index contributed by atoms with van der Waals surface area (Å²) in [4.78, 5) is 37.7. The Labute approximate surface area is 140 Å². The van der Waals surface area contributed by atoms with Crippen molar-refractivity contribution < 1.29 is 19.5 Å². The number of aromatic nitrogens is 4. The van der Waals surface area contributed by atoms with Gasteiger partial charge in [0.05, 0.1) is 28.1 Å². The van der Waals surface area contributed by atoms with Crippen molar-refractivity contribution in [3.05, 3.63) is 65.5 Å². The number of amides is 2. The first-order chi connectivity index (χ1) is 12.1. The van der Waals surface area contributed by atoms with Gasteiger partial charge in [0.15, 0.2) is 0 Å². The van der Waals surface area contributed by atoms with Crippen LogP contribution in [0.1, 0.15) is 31.1 Å². The van der Waals surface area contributed by atoms with Gasteiger partial charge in [-0.2, -0.15) is 0 Å². The van der Waals surface area contributed by atoms with Crippen molar-refractivity contribution >= 4 is 23.5 Å². The van der Waals surface area contributed by atoms with Crippen LogP contribution < -0.4 is 4.90 Å². The van der Waals surface area contributed by atoms with Crippen LogP contribution >= 0.6 is 0 Å². The molecule has 1 N–H and O–H groups in total. The Morgan fingerprint density at radius 3 is 2.24 bits per heavy atom. The average molecular weight is 335 g/mol. The van der Waals surface area contributed by atoms with Crippen molar-refractivity contribution in [2.75, 3.05) is 4.90 Å². The van der Waals surface area contributed by atoms with Crippen molar-refractivity contribution in [1.29, 1.82) is 0 Å². The molecule has 0 aliphatic carbocycles. The Morgan fingerprint density at radius 2 is 1.68 bits per heavy atom. The highest BCUT2D eigenvalue weighted by molar-refractivity contribution is 6.35. The zero-order valence-corrected chi connectivity index (χ0v) is 12.5. The maximum atomic E-state index is 12.6. The van der Waals surface area contributed by atoms with Crippen LogP contribution in [0.15, 0.2) is 48.8 Å². The topological polar surface area (TPSA) is 118 Å². The van der Waals surface area contributed by atoms with Crippen LogP contribution in [0.5, 0.6) is 0 Å². The number of imide groups is 1. The second-order valence-electron chi connectivity index (χ2n) is 5.25. The number of carbonyl (C=O) groups is 3. The van der Waals surface area contributed by atoms with E-state index in [1.807, 2.05) is 0 Å². The number of fused-ring (bicyclic) bond motifs is 1. The van der Waals surface area contributed by atoms with Gasteiger partial charge < -0.3 is 5.11 Å². The molecule has 4 rings (SSSR count). The molecule has 0 bridgehead atoms. The fraction of sp³-hybridized carbons (Fsp3) is 0. The molecule has 0 atom stereocenters. The Balaban J connectivity index is 1.90. The van der Waals surface area contributed by atoms with E-state index in [1.165, 1.54) is 41.3 Å². The minimum atomic E-state index is -1.25. The van der Waals surface area contributed by atoms with Crippen LogP contribution in [0.3, 0.4) is 0 Å². The van der Waals surface area contributed by atoms with Crippen LogP contribution in [0, 0.1) is 0 Å². The maximum Gasteiger partial charge on any atom is 0.337 e. The van der Waals surface area contributed by atoms with E-state index < -0.39 is 17.8 Å². The molecule has 9 heteroatoms. The van der Waals surface area contributed by atoms with Gasteiger partial charge in [-0.3, -0.25) is 9.59 Å². The first kappa shape index (κ1) is 14.7. The van der Waals surface area contributed by atoms with Gasteiger partial charge in [-0.25, -0.2) is 14.4 Å². The molecule has 1 aliphatic rings. The number of nitrogens with zero attached hydrogens (tertiary/aromatic N) is 5. The average Bonchev–Trinajstić information content (AvgIpc) is 3.23. The fourth-order valence-corrected chi connectivity index (χ4v) is 2.72. The molecule has 0 saturated carbocycles. The highest BCUT2D eigenvalue weighted by Gasteiger charge is 2.38. The number of aromatic carboxylic acids is 1. The molecule has 0 fully saturated rings. The summed E-state index contributed by atoms with van der Waals surface area (Å²) in [6, 6.07) is 10.5. The number of hydrogen-bond acceptors (Lipinski definition) is 6. The van der Waals surface area contributed by atoms with Crippen molar-refractivity contribution in [3.63, 3.8) is 0 Å². The van der Waals surface area contributed by atoms with Crippen molar-refractivity contribution in [2.45, 2.75) is 0 Å². The van der Waals surface area contributed by atoms with Crippen LogP contribution in [-0.2, 0) is 0 Å². The largest absolute Gasteiger partial charge is 0.478 e. The van der Waals surface area contributed by atoms with E-state index in [9.17, 15) is 19.5 Å². The molecule has 0 radical (unpaired) electrons. The number of carbonyl (C=O) groups excluding carboxylic acids is 2. The third-order valence-electron chi connectivity index (χ3n) is 3.86. The quantitative estimate of drug-likeness (QED) is 0.713. The Morgan fingerprint density at radius 1 is 1.00 bits per heavy atom. The lowest BCUT2D eigenvalue weighted by Gasteiger charge is -2.17. The van der Waals surface area contributed by atoms with Gasteiger partial charge >= 0.3 is 5.97 Å². The number of carboxylic acids is 1. The van der Waals surface area contributed by atoms with Crippen molar-refractivity contribution in [3.8, 4) is 5.69 Å². The van der Waals surface area contributed by atoms with Gasteiger partial charge in [0.1, 0.15) is 6.33 Å². The van der Waals surface area contributed by atoms with Crippen LogP contribution in [-0.4, -0.2) is 43.1 Å². The maximum absolute atomic E-state index is 12.6. The first-order valence-electron chi connectivity index (χ1n) is 7.16. The molecular formula is C16H9N5O4. The summed E-state index contributed by atoms with van der Waals surface area (Å²) in [7, 11) is 0. The van der Waals surface area contributed by atoms with E-state index in [1.54, 1.807) is 12.1 Å². The number of benzene rings is 2. The van der Waals surface area contributed by atoms with Crippen molar-refractivity contribution in [2.24, 2.45) is 0 Å². The number of anilines is 1. The molecule has 122 valence electrons. The molecule has 2 amide bonds. The zero-order valence-electron chi connectivity index (χ0n) is 12.5. The normalized spacial score (nSPS) is 13.2. The van der Waals surface area contributed by atoms with Gasteiger partial charge in [0.25, 0.3) is 11.8 Å². The van der Waals surface area contributed by atoms with Crippen LogP contribution in [0.2, 0.25) is 0 Å². The lowest BCUT2D eigenvalue weighted by molar-refractivity contribution is 0.0698. The Kier molecular flexibility index (Phi) is 3.14. The first-order valence-corrected chi connectivity index (χ1v) is 7.16. The van der Waals surface area contributed by atoms with Crippen molar-refractivity contribution in [1.82, 2.24) is 20.2 Å². The molecule has 3 aromatic rings. The SMILES string of the molecule is O=C(O)c1ccc(-n2cnnn2)cc1N1C(=O)c2ccccc2C1=O. The van der Waals surface area contributed by atoms with Crippen LogP contribution in [0.25, 0.3) is 5.69 Å². The van der Waals surface area contributed by atoms with E-state index in [2.05, 4.69) is 15.5 Å². The molecule has 2 heterocycles. The third kappa shape index (κ3) is 2.17. The number of carboxylic acid groups (broad SMARTS) is 1. The highest BCUT2D eigenvalue weighted by Crippen LogP contribution is 2.32. The van der Waals surface area contributed by atoms with Gasteiger partial charge in [-0.15, -0.1) is 5.10 Å². The summed E-state index contributed by atoms with van der Waals surface area (Å²) < 4.78 is 1.30. The predicted molar refractivity (Wildman–Crippen MR) is 83.7 cm³/mol. The lowest BCUT2D eigenvalue weighted by Crippen LogP contribution is -2.31. The summed E-state index contributed by atoms with van der Waals surface area (Å²) in [6.07, 6.45) is 1.32. The standard InChI is InChI=1S/C16H9N5O4/c22-14-10-3-1-2-4-11(10)15(23)21(14)13-7-9(20-8-17-18-19-20)5-6-12(13)16(24)25/h1-8H,(H,24,25). The molecular weight excluding hydrogens is 326 g/mol. The lowest BCUT2D eigenvalue weighted by atomic mass is 10.1. The molecule has 1 aromatic heterocycles. The van der Waals surface area contributed by atoms with Gasteiger partial charge in [0, 0.05) is 0 Å². The summed E-state index contributed by atoms with van der Waals surface area (Å²) in [5, 5.41) is 20.2. The predicted octanol–water partition coefficient (Wildman–Crippen LogP) is 1.16. The highest BCUT2D eigenvalue weighted by atomic mass is 16.4. The summed E-state index contributed by atoms with van der Waals surface area (Å²) >= 11 is 0. The second kappa shape index (κ2) is 5.34. The van der Waals surface area contributed by atoms with Gasteiger partial charge in [0.2, 0.25) is 0 Å². The molecule has 25 heavy (non-hydrogen) atoms. The smallest absolute Gasteiger partial charge is 0.337 e. The number of tetrazole rings is 1. The van der Waals surface area contributed by atoms with E-state index in [0.29, 0.717) is 5.69 Å². The minimum absolute atomic E-state index is 0.0355. The number of rotatable bonds is 3. The zero-order chi connectivity index (χ0) is 17.6. The molecule has 1 aliphatic heterocycles. The molecule has 0 saturated heterocycles. The number of hydrogen-bond donors (Lipinski definition) is 1. The van der Waals surface area contributed by atoms with Gasteiger partial charge in [-0.05, 0) is 40.8 Å². The summed E-state index contributed by atoms with van der Waals surface area (Å²) in [5.74, 6) is -2.40.